The maximum atomic E-state index is 12.7. The minimum absolute atomic E-state index is 0.148. The number of hydrogen-bond donors (Lipinski definition) is 1. The van der Waals surface area contributed by atoms with Gasteiger partial charge in [-0.3, -0.25) is 4.79 Å². The van der Waals surface area contributed by atoms with Crippen molar-refractivity contribution in [3.05, 3.63) is 56.0 Å². The van der Waals surface area contributed by atoms with Gasteiger partial charge in [0, 0.05) is 15.0 Å². The van der Waals surface area contributed by atoms with Gasteiger partial charge >= 0.3 is 5.69 Å². The van der Waals surface area contributed by atoms with Gasteiger partial charge in [-0.15, -0.1) is 16.4 Å². The Bertz CT molecular complexity index is 1270. The van der Waals surface area contributed by atoms with E-state index >= 15 is 0 Å². The highest BCUT2D eigenvalue weighted by molar-refractivity contribution is 9.10. The number of carbonyl (C=O) groups is 1. The Kier molecular flexibility index (Phi) is 4.28. The second-order valence-electron chi connectivity index (χ2n) is 6.82. The number of nitrogens with one attached hydrogen (secondary N) is 1. The molecule has 28 heavy (non-hydrogen) atoms. The molecule has 0 radical (unpaired) electrons. The summed E-state index contributed by atoms with van der Waals surface area (Å²) in [6.45, 7) is -0.148. The molecule has 142 valence electrons. The van der Waals surface area contributed by atoms with E-state index in [1.54, 1.807) is 23.5 Å². The van der Waals surface area contributed by atoms with Crippen LogP contribution in [-0.4, -0.2) is 25.1 Å². The summed E-state index contributed by atoms with van der Waals surface area (Å²) in [5.41, 5.74) is 2.17. The molecule has 1 N–H and O–H groups in total. The summed E-state index contributed by atoms with van der Waals surface area (Å²) in [5, 5.41) is 8.24. The van der Waals surface area contributed by atoms with E-state index in [0.717, 1.165) is 34.0 Å². The number of rotatable bonds is 3. The highest BCUT2D eigenvalue weighted by atomic mass is 79.9. The highest BCUT2D eigenvalue weighted by Gasteiger charge is 2.22. The third-order valence-corrected chi connectivity index (χ3v) is 6.69. The lowest BCUT2D eigenvalue weighted by Crippen LogP contribution is -2.28. The van der Waals surface area contributed by atoms with E-state index in [-0.39, 0.29) is 18.1 Å². The summed E-state index contributed by atoms with van der Waals surface area (Å²) in [6.07, 6.45) is 5.89. The van der Waals surface area contributed by atoms with Crippen molar-refractivity contribution in [1.82, 2.24) is 19.2 Å². The molecule has 0 saturated heterocycles. The maximum Gasteiger partial charge on any atom is 0.352 e. The molecule has 0 saturated carbocycles. The van der Waals surface area contributed by atoms with E-state index < -0.39 is 0 Å². The van der Waals surface area contributed by atoms with Crippen molar-refractivity contribution in [2.75, 3.05) is 5.32 Å². The van der Waals surface area contributed by atoms with Gasteiger partial charge in [-0.1, -0.05) is 15.9 Å². The molecular formula is C19H16BrN5O2S. The lowest BCUT2D eigenvalue weighted by molar-refractivity contribution is -0.117. The van der Waals surface area contributed by atoms with Gasteiger partial charge in [0.15, 0.2) is 5.65 Å². The van der Waals surface area contributed by atoms with Crippen molar-refractivity contribution < 1.29 is 4.79 Å². The first-order valence-corrected chi connectivity index (χ1v) is 10.6. The van der Waals surface area contributed by atoms with Crippen LogP contribution in [0, 0.1) is 0 Å². The molecule has 5 rings (SSSR count). The quantitative estimate of drug-likeness (QED) is 0.511. The number of aromatic nitrogens is 4. The molecule has 9 heteroatoms. The Labute approximate surface area is 172 Å². The van der Waals surface area contributed by atoms with Crippen molar-refractivity contribution in [1.29, 1.82) is 0 Å². The molecule has 0 spiro atoms. The van der Waals surface area contributed by atoms with E-state index in [2.05, 4.69) is 31.3 Å². The molecule has 7 nitrogen and oxygen atoms in total. The van der Waals surface area contributed by atoms with E-state index in [4.69, 9.17) is 0 Å². The molecule has 0 aliphatic heterocycles. The number of nitrogens with zero attached hydrogens (tertiary/aromatic N) is 4. The Morgan fingerprint density at radius 3 is 2.82 bits per heavy atom. The van der Waals surface area contributed by atoms with Gasteiger partial charge in [-0.25, -0.2) is 18.9 Å². The second kappa shape index (κ2) is 6.82. The minimum Gasteiger partial charge on any atom is -0.324 e. The van der Waals surface area contributed by atoms with Crippen molar-refractivity contribution >= 4 is 54.7 Å². The zero-order valence-electron chi connectivity index (χ0n) is 14.8. The van der Waals surface area contributed by atoms with Gasteiger partial charge in [0.25, 0.3) is 0 Å². The topological polar surface area (TPSA) is 81.3 Å². The Morgan fingerprint density at radius 2 is 2.00 bits per heavy atom. The summed E-state index contributed by atoms with van der Waals surface area (Å²) in [6, 6.07) is 7.27. The van der Waals surface area contributed by atoms with Crippen LogP contribution in [0.15, 0.2) is 39.9 Å². The fourth-order valence-electron chi connectivity index (χ4n) is 3.65. The van der Waals surface area contributed by atoms with E-state index in [0.29, 0.717) is 11.3 Å². The Balaban J connectivity index is 1.51. The molecule has 0 bridgehead atoms. The number of fused-ring (bicyclic) bond motifs is 5. The molecular weight excluding hydrogens is 442 g/mol. The summed E-state index contributed by atoms with van der Waals surface area (Å²) >= 11 is 5.05. The monoisotopic (exact) mass is 457 g/mol. The molecule has 1 aliphatic rings. The number of aryl methyl sites for hydroxylation is 2. The Morgan fingerprint density at radius 1 is 1.21 bits per heavy atom. The number of hydrogen-bond acceptors (Lipinski definition) is 5. The van der Waals surface area contributed by atoms with Crippen molar-refractivity contribution in [2.45, 2.75) is 32.2 Å². The molecule has 1 aromatic carbocycles. The number of thiophene rings is 1. The molecule has 0 fully saturated rings. The lowest BCUT2D eigenvalue weighted by Gasteiger charge is -2.09. The molecule has 3 heterocycles. The van der Waals surface area contributed by atoms with Gasteiger partial charge in [0.05, 0.1) is 5.39 Å². The van der Waals surface area contributed by atoms with Crippen molar-refractivity contribution in [3.8, 4) is 0 Å². The molecule has 0 atom stereocenters. The van der Waals surface area contributed by atoms with Crippen LogP contribution in [0.4, 0.5) is 5.69 Å². The van der Waals surface area contributed by atoms with Crippen LogP contribution >= 0.6 is 27.3 Å². The van der Waals surface area contributed by atoms with Crippen LogP contribution in [-0.2, 0) is 24.2 Å². The molecule has 1 amide bonds. The third-order valence-electron chi connectivity index (χ3n) is 4.96. The normalized spacial score (nSPS) is 13.8. The maximum absolute atomic E-state index is 12.7. The molecule has 0 unspecified atom stereocenters. The first kappa shape index (κ1) is 17.6. The van der Waals surface area contributed by atoms with Crippen molar-refractivity contribution in [3.63, 3.8) is 0 Å². The predicted molar refractivity (Wildman–Crippen MR) is 112 cm³/mol. The standard InChI is InChI=1S/C19H16BrN5O2S/c20-11-5-7-12(8-6-11)22-15(26)9-25-19(27)24-10-21-18-16(17(24)23-25)13-3-1-2-4-14(13)28-18/h5-8,10H,1-4,9H2,(H,22,26). The first-order chi connectivity index (χ1) is 13.6. The van der Waals surface area contributed by atoms with Crippen LogP contribution < -0.4 is 11.0 Å². The van der Waals surface area contributed by atoms with Gasteiger partial charge in [0.2, 0.25) is 5.91 Å². The average Bonchev–Trinajstić information content (AvgIpc) is 3.21. The minimum atomic E-state index is -0.355. The van der Waals surface area contributed by atoms with E-state index in [1.165, 1.54) is 32.3 Å². The molecule has 4 aromatic rings. The highest BCUT2D eigenvalue weighted by Crippen LogP contribution is 2.36. The lowest BCUT2D eigenvalue weighted by atomic mass is 9.97. The fourth-order valence-corrected chi connectivity index (χ4v) is 5.14. The van der Waals surface area contributed by atoms with E-state index in [9.17, 15) is 9.59 Å². The van der Waals surface area contributed by atoms with Crippen LogP contribution in [0.25, 0.3) is 15.9 Å². The summed E-state index contributed by atoms with van der Waals surface area (Å²) in [7, 11) is 0. The number of carbonyl (C=O) groups excluding carboxylic acids is 1. The molecule has 1 aliphatic carbocycles. The second-order valence-corrected chi connectivity index (χ2v) is 8.82. The average molecular weight is 458 g/mol. The first-order valence-electron chi connectivity index (χ1n) is 9.04. The van der Waals surface area contributed by atoms with Gasteiger partial charge in [0.1, 0.15) is 17.7 Å². The SMILES string of the molecule is O=C(Cn1nc2c3c4c(sc3ncn2c1=O)CCCC4)Nc1ccc(Br)cc1. The van der Waals surface area contributed by atoms with E-state index in [1.807, 2.05) is 12.1 Å². The number of amides is 1. The predicted octanol–water partition coefficient (Wildman–Crippen LogP) is 3.39. The number of benzene rings is 1. The zero-order valence-corrected chi connectivity index (χ0v) is 17.2. The van der Waals surface area contributed by atoms with Gasteiger partial charge in [-0.05, 0) is 55.5 Å². The van der Waals surface area contributed by atoms with Crippen LogP contribution in [0.2, 0.25) is 0 Å². The summed E-state index contributed by atoms with van der Waals surface area (Å²) < 4.78 is 3.58. The Hall–Kier alpha value is -2.52. The number of anilines is 1. The smallest absolute Gasteiger partial charge is 0.324 e. The third kappa shape index (κ3) is 2.94. The van der Waals surface area contributed by atoms with Gasteiger partial charge < -0.3 is 5.32 Å². The van der Waals surface area contributed by atoms with Gasteiger partial charge in [-0.2, -0.15) is 0 Å². The number of halogens is 1. The van der Waals surface area contributed by atoms with Crippen LogP contribution in [0.1, 0.15) is 23.3 Å². The summed E-state index contributed by atoms with van der Waals surface area (Å²) in [4.78, 5) is 31.9. The largest absolute Gasteiger partial charge is 0.352 e. The van der Waals surface area contributed by atoms with Crippen molar-refractivity contribution in [2.24, 2.45) is 0 Å². The zero-order chi connectivity index (χ0) is 19.3. The van der Waals surface area contributed by atoms with Crippen LogP contribution in [0.5, 0.6) is 0 Å². The fraction of sp³-hybridized carbons (Fsp3) is 0.263. The summed E-state index contributed by atoms with van der Waals surface area (Å²) in [5.74, 6) is -0.302. The molecule has 3 aromatic heterocycles. The van der Waals surface area contributed by atoms with Crippen LogP contribution in [0.3, 0.4) is 0 Å².